The number of nitrogens with zero attached hydrogens (tertiary/aromatic N) is 1. The lowest BCUT2D eigenvalue weighted by Crippen LogP contribution is -2.34. The average Bonchev–Trinajstić information content (AvgIpc) is 2.21. The zero-order valence-electron chi connectivity index (χ0n) is 8.67. The van der Waals surface area contributed by atoms with Crippen LogP contribution in [0.5, 0.6) is 0 Å². The second-order valence-corrected chi connectivity index (χ2v) is 4.67. The first-order valence-corrected chi connectivity index (χ1v) is 5.99. The molecule has 1 radical (unpaired) electrons. The van der Waals surface area contributed by atoms with Crippen molar-refractivity contribution in [2.24, 2.45) is 5.92 Å². The topological polar surface area (TPSA) is 3.24 Å². The van der Waals surface area contributed by atoms with Crippen LogP contribution in [0.25, 0.3) is 0 Å². The van der Waals surface area contributed by atoms with Gasteiger partial charge in [-0.3, -0.25) is 0 Å². The van der Waals surface area contributed by atoms with Crippen molar-refractivity contribution in [1.29, 1.82) is 0 Å². The number of likely N-dealkylation sites (tertiary alicyclic amines) is 1. The molecule has 0 spiro atoms. The smallest absolute Gasteiger partial charge is 0.000966 e. The Morgan fingerprint density at radius 1 is 1.00 bits per heavy atom. The third-order valence-corrected chi connectivity index (χ3v) is 3.52. The molecule has 0 aromatic rings. The molecular weight excluding hydrogens is 158 g/mol. The predicted molar refractivity (Wildman–Crippen MR) is 56.5 cm³/mol. The largest absolute Gasteiger partial charge is 0.303 e. The summed E-state index contributed by atoms with van der Waals surface area (Å²) in [5, 5.41) is 0. The Morgan fingerprint density at radius 2 is 1.69 bits per heavy atom. The van der Waals surface area contributed by atoms with Gasteiger partial charge in [-0.1, -0.05) is 6.42 Å². The highest BCUT2D eigenvalue weighted by Gasteiger charge is 2.18. The van der Waals surface area contributed by atoms with Crippen LogP contribution in [0.2, 0.25) is 0 Å². The molecule has 2 fully saturated rings. The van der Waals surface area contributed by atoms with Gasteiger partial charge in [0, 0.05) is 6.54 Å². The maximum absolute atomic E-state index is 2.69. The van der Waals surface area contributed by atoms with Gasteiger partial charge in [-0.2, -0.15) is 0 Å². The molecule has 0 amide bonds. The molecule has 75 valence electrons. The molecule has 1 saturated heterocycles. The van der Waals surface area contributed by atoms with Crippen LogP contribution in [-0.4, -0.2) is 24.5 Å². The second-order valence-electron chi connectivity index (χ2n) is 4.67. The minimum atomic E-state index is 1.02. The third-order valence-electron chi connectivity index (χ3n) is 3.52. The summed E-state index contributed by atoms with van der Waals surface area (Å²) in [6.45, 7) is 4.15. The van der Waals surface area contributed by atoms with Crippen molar-refractivity contribution >= 4 is 0 Å². The minimum Gasteiger partial charge on any atom is -0.303 e. The van der Waals surface area contributed by atoms with Gasteiger partial charge < -0.3 is 4.90 Å². The van der Waals surface area contributed by atoms with Crippen LogP contribution in [-0.2, 0) is 0 Å². The highest BCUT2D eigenvalue weighted by molar-refractivity contribution is 4.79. The van der Waals surface area contributed by atoms with Crippen LogP contribution in [0.4, 0.5) is 0 Å². The van der Waals surface area contributed by atoms with E-state index in [1.54, 1.807) is 0 Å². The molecule has 2 aliphatic rings. The van der Waals surface area contributed by atoms with Gasteiger partial charge in [0.05, 0.1) is 0 Å². The van der Waals surface area contributed by atoms with Gasteiger partial charge in [0.1, 0.15) is 0 Å². The first kappa shape index (κ1) is 9.51. The first-order valence-electron chi connectivity index (χ1n) is 5.99. The summed E-state index contributed by atoms with van der Waals surface area (Å²) in [5.41, 5.74) is 0. The van der Waals surface area contributed by atoms with Crippen molar-refractivity contribution in [3.8, 4) is 0 Å². The highest BCUT2D eigenvalue weighted by Crippen LogP contribution is 2.24. The van der Waals surface area contributed by atoms with E-state index in [9.17, 15) is 0 Å². The normalized spacial score (nSPS) is 27.7. The monoisotopic (exact) mass is 180 g/mol. The van der Waals surface area contributed by atoms with Gasteiger partial charge >= 0.3 is 0 Å². The number of rotatable bonds is 2. The van der Waals surface area contributed by atoms with Crippen LogP contribution in [0.1, 0.15) is 44.9 Å². The standard InChI is InChI=1S/C12H22N/c1-3-7-12(8-4-1)11-13-9-5-2-6-10-13/h1,12H,2-11H2. The van der Waals surface area contributed by atoms with Crippen molar-refractivity contribution in [1.82, 2.24) is 4.90 Å². The quantitative estimate of drug-likeness (QED) is 0.631. The molecule has 0 bridgehead atoms. The summed E-state index contributed by atoms with van der Waals surface area (Å²) in [7, 11) is 0. The van der Waals surface area contributed by atoms with Crippen LogP contribution >= 0.6 is 0 Å². The maximum Gasteiger partial charge on any atom is 0.000966 e. The highest BCUT2D eigenvalue weighted by atomic mass is 15.1. The van der Waals surface area contributed by atoms with Gasteiger partial charge in [-0.25, -0.2) is 0 Å². The third kappa shape index (κ3) is 2.98. The molecule has 0 unspecified atom stereocenters. The van der Waals surface area contributed by atoms with E-state index in [1.807, 2.05) is 0 Å². The Balaban J connectivity index is 1.69. The number of hydrogen-bond acceptors (Lipinski definition) is 1. The second kappa shape index (κ2) is 4.99. The van der Waals surface area contributed by atoms with E-state index in [-0.39, 0.29) is 0 Å². The minimum absolute atomic E-state index is 1.02. The van der Waals surface area contributed by atoms with Crippen molar-refractivity contribution < 1.29 is 0 Å². The molecule has 13 heavy (non-hydrogen) atoms. The Bertz CT molecular complexity index is 116. The predicted octanol–water partition coefficient (Wildman–Crippen LogP) is 2.87. The van der Waals surface area contributed by atoms with E-state index in [0.717, 1.165) is 5.92 Å². The first-order chi connectivity index (χ1) is 6.45. The van der Waals surface area contributed by atoms with Crippen molar-refractivity contribution in [2.45, 2.75) is 44.9 Å². The Morgan fingerprint density at radius 3 is 2.38 bits per heavy atom. The SMILES string of the molecule is [CH]1CCC(CN2CCCCC2)CC1. The van der Waals surface area contributed by atoms with Crippen LogP contribution in [0, 0.1) is 12.3 Å². The van der Waals surface area contributed by atoms with E-state index in [4.69, 9.17) is 0 Å². The zero-order valence-corrected chi connectivity index (χ0v) is 8.67. The Kier molecular flexibility index (Phi) is 3.65. The van der Waals surface area contributed by atoms with Crippen molar-refractivity contribution in [3.05, 3.63) is 6.42 Å². The fourth-order valence-corrected chi connectivity index (χ4v) is 2.69. The van der Waals surface area contributed by atoms with Crippen LogP contribution < -0.4 is 0 Å². The molecule has 1 heteroatoms. The van der Waals surface area contributed by atoms with E-state index in [2.05, 4.69) is 11.3 Å². The molecule has 0 aromatic carbocycles. The van der Waals surface area contributed by atoms with Crippen molar-refractivity contribution in [3.63, 3.8) is 0 Å². The van der Waals surface area contributed by atoms with Gasteiger partial charge in [0.2, 0.25) is 0 Å². The molecule has 0 aromatic heterocycles. The van der Waals surface area contributed by atoms with Gasteiger partial charge in [0.25, 0.3) is 0 Å². The van der Waals surface area contributed by atoms with Gasteiger partial charge in [-0.15, -0.1) is 0 Å². The summed E-state index contributed by atoms with van der Waals surface area (Å²) >= 11 is 0. The molecule has 1 aliphatic heterocycles. The van der Waals surface area contributed by atoms with E-state index in [1.165, 1.54) is 64.6 Å². The van der Waals surface area contributed by atoms with Crippen LogP contribution in [0.3, 0.4) is 0 Å². The molecule has 0 N–H and O–H groups in total. The Hall–Kier alpha value is -0.0400. The van der Waals surface area contributed by atoms with Crippen molar-refractivity contribution in [2.75, 3.05) is 19.6 Å². The summed E-state index contributed by atoms with van der Waals surface area (Å²) in [6, 6.07) is 0. The lowest BCUT2D eigenvalue weighted by Gasteiger charge is -2.32. The molecule has 2 rings (SSSR count). The van der Waals surface area contributed by atoms with E-state index < -0.39 is 0 Å². The van der Waals surface area contributed by atoms with Gasteiger partial charge in [-0.05, 0) is 64.0 Å². The average molecular weight is 180 g/mol. The summed E-state index contributed by atoms with van der Waals surface area (Å²) in [4.78, 5) is 2.69. The summed E-state index contributed by atoms with van der Waals surface area (Å²) in [5.74, 6) is 1.02. The fourth-order valence-electron chi connectivity index (χ4n) is 2.69. The fraction of sp³-hybridized carbons (Fsp3) is 0.917. The number of piperidine rings is 1. The molecule has 1 nitrogen and oxygen atoms in total. The summed E-state index contributed by atoms with van der Waals surface area (Å²) < 4.78 is 0. The summed E-state index contributed by atoms with van der Waals surface area (Å²) in [6.07, 6.45) is 12.5. The van der Waals surface area contributed by atoms with E-state index >= 15 is 0 Å². The van der Waals surface area contributed by atoms with Gasteiger partial charge in [0.15, 0.2) is 0 Å². The lowest BCUT2D eigenvalue weighted by molar-refractivity contribution is 0.180. The van der Waals surface area contributed by atoms with Crippen LogP contribution in [0.15, 0.2) is 0 Å². The zero-order chi connectivity index (χ0) is 8.93. The number of hydrogen-bond donors (Lipinski definition) is 0. The molecule has 0 atom stereocenters. The Labute approximate surface area is 82.5 Å². The molecule has 1 aliphatic carbocycles. The lowest BCUT2D eigenvalue weighted by atomic mass is 9.88. The maximum atomic E-state index is 2.69. The van der Waals surface area contributed by atoms with E-state index in [0.29, 0.717) is 0 Å². The molecule has 1 saturated carbocycles. The molecular formula is C12H22N. The molecule has 1 heterocycles.